The number of hydrogen-bond donors (Lipinski definition) is 0. The Hall–Kier alpha value is 3.83. The number of thiol groups is 4. The smallest absolute Gasteiger partial charge is 0.818 e. The molecule has 0 rings (SSSR count). The second-order valence-electron chi connectivity index (χ2n) is 0.118. The van der Waals surface area contributed by atoms with Gasteiger partial charge in [0.2, 0.25) is 0 Å². The second kappa shape index (κ2) is 122. The summed E-state index contributed by atoms with van der Waals surface area (Å²) in [6.07, 6.45) is 0. The van der Waals surface area contributed by atoms with Crippen LogP contribution in [0.4, 0.5) is 0 Å². The summed E-state index contributed by atoms with van der Waals surface area (Å²) in [6.45, 7) is 0. The van der Waals surface area contributed by atoms with Gasteiger partial charge in [0.05, 0.1) is 0 Å². The third-order valence-electron chi connectivity index (χ3n) is 0. The van der Waals surface area contributed by atoms with Gasteiger partial charge in [-0.1, -0.05) is 0 Å². The minimum absolute atomic E-state index is 0. The van der Waals surface area contributed by atoms with Gasteiger partial charge >= 0.3 is 55.2 Å². The molecule has 0 aliphatic heterocycles. The van der Waals surface area contributed by atoms with Crippen LogP contribution in [0.3, 0.4) is 0 Å². The van der Waals surface area contributed by atoms with Crippen LogP contribution in [0.1, 0.15) is 0 Å². The van der Waals surface area contributed by atoms with Crippen molar-refractivity contribution in [2.24, 2.45) is 0 Å². The van der Waals surface area contributed by atoms with E-state index in [4.69, 9.17) is 0 Å². The Morgan fingerprint density at radius 2 is 0.667 bits per heavy atom. The van der Waals surface area contributed by atoms with Gasteiger partial charge < -0.3 is 99.2 Å². The molecule has 0 saturated carbocycles. The quantitative estimate of drug-likeness (QED) is 0.211. The molecule has 0 unspecified atom stereocenters. The first-order valence-electron chi connectivity index (χ1n) is 0.577. The first-order valence-corrected chi connectivity index (χ1v) is 1.73. The van der Waals surface area contributed by atoms with Crippen molar-refractivity contribution in [3.63, 3.8) is 0 Å². The van der Waals surface area contributed by atoms with Crippen LogP contribution in [0.25, 0.3) is 0 Å². The summed E-state index contributed by atoms with van der Waals surface area (Å²) in [7, 11) is 0. The van der Waals surface area contributed by atoms with Crippen LogP contribution in [0, 0.1) is 14.9 Å². The van der Waals surface area contributed by atoms with Crippen LogP contribution in [0.15, 0.2) is 0 Å². The molecule has 0 fully saturated rings. The van der Waals surface area contributed by atoms with Crippen LogP contribution in [-0.4, -0.2) is 5.08 Å². The fourth-order valence-corrected chi connectivity index (χ4v) is 0. The minimum Gasteiger partial charge on any atom is -0.818 e. The maximum Gasteiger partial charge on any atom is 4.00 e. The molecule has 88 valence electrons. The maximum absolute atomic E-state index is 4.21. The van der Waals surface area contributed by atoms with Gasteiger partial charge in [0.1, 0.15) is 0 Å². The largest absolute Gasteiger partial charge is 4.00 e. The molecule has 0 amide bonds. The van der Waals surface area contributed by atoms with Crippen LogP contribution in [0.5, 0.6) is 0 Å². The summed E-state index contributed by atoms with van der Waals surface area (Å²) in [6, 6.07) is 0. The molecule has 0 saturated heterocycles. The topological polar surface area (TPSA) is 0 Å². The molecule has 0 bridgehead atoms. The summed E-state index contributed by atoms with van der Waals surface area (Å²) in [5.74, 6) is 0. The second-order valence-corrected chi connectivity index (χ2v) is 1.06. The SMILES string of the molecule is [CH3-].[CH3-].[Cu+2].[Cu+2].[Mo+4].[S-]C[S-].[SH-].[SH-].[SH-].[SH-]. The van der Waals surface area contributed by atoms with Crippen molar-refractivity contribution >= 4 is 79.2 Å². The van der Waals surface area contributed by atoms with Gasteiger partial charge in [-0.05, 0) is 0 Å². The van der Waals surface area contributed by atoms with E-state index in [0.717, 1.165) is 0 Å². The third kappa shape index (κ3) is 155. The molecule has 0 atom stereocenters. The maximum atomic E-state index is 4.21. The van der Waals surface area contributed by atoms with Crippen molar-refractivity contribution in [1.82, 2.24) is 0 Å². The van der Waals surface area contributed by atoms with E-state index in [2.05, 4.69) is 25.3 Å². The first-order chi connectivity index (χ1) is 1.41. The van der Waals surface area contributed by atoms with E-state index in [1.165, 1.54) is 0 Å². The summed E-state index contributed by atoms with van der Waals surface area (Å²) >= 11 is 8.42. The Labute approximate surface area is 152 Å². The fourth-order valence-electron chi connectivity index (χ4n) is 0. The normalized spacial score (nSPS) is 1.50. The van der Waals surface area contributed by atoms with Gasteiger partial charge in [-0.15, -0.1) is 0 Å². The summed E-state index contributed by atoms with van der Waals surface area (Å²) in [4.78, 5) is 0. The number of hydrogen-bond acceptors (Lipinski definition) is 6. The Kier molecular flexibility index (Phi) is 1040. The van der Waals surface area contributed by atoms with E-state index in [0.29, 0.717) is 5.08 Å². The molecule has 0 aliphatic carbocycles. The average molecular weight is 464 g/mol. The Morgan fingerprint density at radius 3 is 0.667 bits per heavy atom. The van der Waals surface area contributed by atoms with Crippen LogP contribution in [0.2, 0.25) is 0 Å². The molecule has 0 aliphatic rings. The summed E-state index contributed by atoms with van der Waals surface area (Å²) in [5.41, 5.74) is 0. The minimum atomic E-state index is 0. The molecule has 0 aromatic carbocycles. The van der Waals surface area contributed by atoms with Gasteiger partial charge in [-0.2, -0.15) is 0 Å². The molecule has 12 heavy (non-hydrogen) atoms. The molecule has 9 heteroatoms. The molecule has 0 aromatic rings. The zero-order valence-electron chi connectivity index (χ0n) is 6.32. The van der Waals surface area contributed by atoms with Crippen LogP contribution >= 0.6 is 0 Å². The molecule has 0 N–H and O–H groups in total. The van der Waals surface area contributed by atoms with E-state index in [1.54, 1.807) is 0 Å². The Bertz CT molecular complexity index is 20.8. The van der Waals surface area contributed by atoms with Crippen molar-refractivity contribution in [3.05, 3.63) is 14.9 Å². The van der Waals surface area contributed by atoms with Crippen LogP contribution < -0.4 is 0 Å². The molecule has 0 aromatic heterocycles. The molecule has 0 nitrogen and oxygen atoms in total. The molecule has 2 radical (unpaired) electrons. The summed E-state index contributed by atoms with van der Waals surface area (Å²) in [5, 5.41) is 0.417. The monoisotopic (exact) mass is 464 g/mol. The average Bonchev–Trinajstić information content (AvgIpc) is 0.918. The van der Waals surface area contributed by atoms with Gasteiger partial charge in [0.25, 0.3) is 0 Å². The van der Waals surface area contributed by atoms with Crippen LogP contribution in [-0.2, 0) is 134 Å². The molecule has 0 spiro atoms. The van der Waals surface area contributed by atoms with Gasteiger partial charge in [-0.3, -0.25) is 0 Å². The summed E-state index contributed by atoms with van der Waals surface area (Å²) < 4.78 is 0. The standard InChI is InChI=1S/CH4S2.2CH3.2Cu.Mo.4H2S/c2-1-3;;;;;;;;;/h2-3H,1H2;2*1H3;;;;4*1H2/q;2*-1;2*+2;+4;;;;/p-6. The fraction of sp³-hybridized carbons (Fsp3) is 0.333. The molecule has 0 heterocycles. The van der Waals surface area contributed by atoms with Crippen molar-refractivity contribution in [2.45, 2.75) is 0 Å². The predicted octanol–water partition coefficient (Wildman–Crippen LogP) is -0.150. The van der Waals surface area contributed by atoms with Gasteiger partial charge in [0.15, 0.2) is 0 Å². The number of rotatable bonds is 0. The predicted molar refractivity (Wildman–Crippen MR) is 67.5 cm³/mol. The van der Waals surface area contributed by atoms with E-state index in [-0.39, 0.29) is 124 Å². The first kappa shape index (κ1) is 102. The van der Waals surface area contributed by atoms with Gasteiger partial charge in [0, 0.05) is 0 Å². The van der Waals surface area contributed by atoms with E-state index in [9.17, 15) is 0 Å². The zero-order valence-corrected chi connectivity index (χ0v) is 15.4. The Morgan fingerprint density at radius 1 is 0.667 bits per heavy atom. The van der Waals surface area contributed by atoms with Crippen molar-refractivity contribution in [3.8, 4) is 0 Å². The van der Waals surface area contributed by atoms with E-state index < -0.39 is 0 Å². The van der Waals surface area contributed by atoms with E-state index in [1.807, 2.05) is 0 Å². The van der Waals surface area contributed by atoms with Crippen molar-refractivity contribution < 1.29 is 55.2 Å². The van der Waals surface area contributed by atoms with Crippen molar-refractivity contribution in [2.75, 3.05) is 5.08 Å². The van der Waals surface area contributed by atoms with E-state index >= 15 is 0 Å². The molecular formula is C3H12Cu2MoS6. The Balaban J connectivity index is -0.000000000556. The van der Waals surface area contributed by atoms with Crippen molar-refractivity contribution in [1.29, 1.82) is 0 Å². The third-order valence-corrected chi connectivity index (χ3v) is 0. The molecular weight excluding hydrogens is 451 g/mol. The zero-order chi connectivity index (χ0) is 2.71. The van der Waals surface area contributed by atoms with Gasteiger partial charge in [-0.25, -0.2) is 0 Å².